The van der Waals surface area contributed by atoms with Crippen molar-refractivity contribution in [2.75, 3.05) is 0 Å². The van der Waals surface area contributed by atoms with Crippen molar-refractivity contribution >= 4 is 10.1 Å². The van der Waals surface area contributed by atoms with Gasteiger partial charge in [-0.1, -0.05) is 31.9 Å². The Labute approximate surface area is 90.9 Å². The summed E-state index contributed by atoms with van der Waals surface area (Å²) in [5.74, 6) is 0. The lowest BCUT2D eigenvalue weighted by molar-refractivity contribution is 0.463. The summed E-state index contributed by atoms with van der Waals surface area (Å²) < 4.78 is 31.9. The summed E-state index contributed by atoms with van der Waals surface area (Å²) >= 11 is 0. The predicted octanol–water partition coefficient (Wildman–Crippen LogP) is 2.32. The lowest BCUT2D eigenvalue weighted by Crippen LogP contribution is -1.98. The van der Waals surface area contributed by atoms with Gasteiger partial charge in [0.2, 0.25) is 0 Å². The summed E-state index contributed by atoms with van der Waals surface area (Å²) in [7, 11) is -4.29. The van der Waals surface area contributed by atoms with E-state index in [4.69, 9.17) is 0 Å². The number of hydrogen-bond acceptors (Lipinski definition) is 3. The van der Waals surface area contributed by atoms with E-state index in [0.717, 1.165) is 24.8 Å². The van der Waals surface area contributed by atoms with E-state index < -0.39 is 10.1 Å². The van der Waals surface area contributed by atoms with E-state index in [0.29, 0.717) is 0 Å². The molecule has 0 amide bonds. The van der Waals surface area contributed by atoms with Crippen LogP contribution in [0.2, 0.25) is 0 Å². The zero-order valence-electron chi connectivity index (χ0n) is 8.77. The number of unbranched alkanes of at least 4 members (excludes halogenated alkanes) is 2. The van der Waals surface area contributed by atoms with Gasteiger partial charge in [-0.15, -0.1) is 0 Å². The molecule has 84 valence electrons. The molecule has 0 fully saturated rings. The molecule has 0 radical (unpaired) electrons. The van der Waals surface area contributed by atoms with Gasteiger partial charge in [0.15, 0.2) is 0 Å². The summed E-state index contributed by atoms with van der Waals surface area (Å²) in [4.78, 5) is -0.151. The van der Waals surface area contributed by atoms with Crippen molar-refractivity contribution in [3.8, 4) is 0 Å². The lowest BCUT2D eigenvalue weighted by Gasteiger charge is -2.07. The Morgan fingerprint density at radius 1 is 1.13 bits per heavy atom. The highest BCUT2D eigenvalue weighted by atomic mass is 32.2. The molecular formula is C11H15O3S-. The first kappa shape index (κ1) is 12.2. The maximum atomic E-state index is 10.6. The standard InChI is InChI=1S/C11H16O3S/c1-2-3-4-5-10-6-8-11(9-7-10)15(12,13)14/h6-9H,2-5H2,1H3,(H,12,13,14)/p-1. The second kappa shape index (κ2) is 5.28. The molecule has 1 rings (SSSR count). The smallest absolute Gasteiger partial charge is 0.124 e. The molecular weight excluding hydrogens is 212 g/mol. The molecule has 0 bridgehead atoms. The Morgan fingerprint density at radius 2 is 1.73 bits per heavy atom. The molecule has 1 aromatic rings. The van der Waals surface area contributed by atoms with Crippen molar-refractivity contribution in [1.29, 1.82) is 0 Å². The molecule has 0 N–H and O–H groups in total. The highest BCUT2D eigenvalue weighted by Crippen LogP contribution is 2.12. The third-order valence-corrected chi connectivity index (χ3v) is 3.13. The van der Waals surface area contributed by atoms with Crippen molar-refractivity contribution in [3.63, 3.8) is 0 Å². The van der Waals surface area contributed by atoms with E-state index in [9.17, 15) is 13.0 Å². The minimum atomic E-state index is -4.29. The van der Waals surface area contributed by atoms with Crippen LogP contribution in [0.4, 0.5) is 0 Å². The van der Waals surface area contributed by atoms with E-state index in [1.165, 1.54) is 18.6 Å². The van der Waals surface area contributed by atoms with Crippen LogP contribution in [-0.2, 0) is 16.5 Å². The molecule has 0 saturated carbocycles. The van der Waals surface area contributed by atoms with Crippen molar-refractivity contribution in [3.05, 3.63) is 29.8 Å². The zero-order valence-corrected chi connectivity index (χ0v) is 9.59. The van der Waals surface area contributed by atoms with E-state index in [-0.39, 0.29) is 4.90 Å². The summed E-state index contributed by atoms with van der Waals surface area (Å²) in [5, 5.41) is 0. The minimum Gasteiger partial charge on any atom is -0.744 e. The molecule has 0 aliphatic rings. The Morgan fingerprint density at radius 3 is 2.20 bits per heavy atom. The molecule has 4 heteroatoms. The van der Waals surface area contributed by atoms with Crippen LogP contribution >= 0.6 is 0 Å². The fraction of sp³-hybridized carbons (Fsp3) is 0.455. The zero-order chi connectivity index (χ0) is 11.3. The van der Waals surface area contributed by atoms with Gasteiger partial charge >= 0.3 is 0 Å². The summed E-state index contributed by atoms with van der Waals surface area (Å²) in [6.45, 7) is 2.13. The van der Waals surface area contributed by atoms with Crippen LogP contribution in [0.3, 0.4) is 0 Å². The summed E-state index contributed by atoms with van der Waals surface area (Å²) in [5.41, 5.74) is 1.08. The number of aryl methyl sites for hydroxylation is 1. The first-order chi connectivity index (χ1) is 7.04. The van der Waals surface area contributed by atoms with Crippen LogP contribution in [0.5, 0.6) is 0 Å². The molecule has 0 aliphatic heterocycles. The molecule has 0 spiro atoms. The summed E-state index contributed by atoms with van der Waals surface area (Å²) in [6.07, 6.45) is 4.36. The number of hydrogen-bond donors (Lipinski definition) is 0. The third kappa shape index (κ3) is 4.01. The molecule has 0 aromatic heterocycles. The normalized spacial score (nSPS) is 11.6. The first-order valence-corrected chi connectivity index (χ1v) is 6.49. The van der Waals surface area contributed by atoms with Gasteiger partial charge < -0.3 is 4.55 Å². The SMILES string of the molecule is CCCCCc1ccc(S(=O)(=O)[O-])cc1. The maximum Gasteiger partial charge on any atom is 0.124 e. The van der Waals surface area contributed by atoms with Crippen LogP contribution in [0.1, 0.15) is 31.7 Å². The Kier molecular flexibility index (Phi) is 4.29. The Balaban J connectivity index is 2.65. The quantitative estimate of drug-likeness (QED) is 0.573. The van der Waals surface area contributed by atoms with Gasteiger partial charge in [-0.05, 0) is 30.5 Å². The third-order valence-electron chi connectivity index (χ3n) is 2.28. The molecule has 15 heavy (non-hydrogen) atoms. The van der Waals surface area contributed by atoms with Crippen LogP contribution in [0.15, 0.2) is 29.2 Å². The van der Waals surface area contributed by atoms with Gasteiger partial charge in [0.05, 0.1) is 4.90 Å². The molecule has 0 atom stereocenters. The molecule has 0 aliphatic carbocycles. The second-order valence-corrected chi connectivity index (χ2v) is 4.93. The highest BCUT2D eigenvalue weighted by molar-refractivity contribution is 7.85. The van der Waals surface area contributed by atoms with Crippen molar-refractivity contribution in [2.45, 2.75) is 37.5 Å². The first-order valence-electron chi connectivity index (χ1n) is 5.09. The van der Waals surface area contributed by atoms with Gasteiger partial charge in [-0.2, -0.15) is 0 Å². The second-order valence-electron chi connectivity index (χ2n) is 3.56. The van der Waals surface area contributed by atoms with Crippen LogP contribution in [0, 0.1) is 0 Å². The van der Waals surface area contributed by atoms with Crippen LogP contribution in [-0.4, -0.2) is 13.0 Å². The average Bonchev–Trinajstić information content (AvgIpc) is 2.18. The van der Waals surface area contributed by atoms with Gasteiger partial charge in [-0.3, -0.25) is 0 Å². The molecule has 3 nitrogen and oxygen atoms in total. The van der Waals surface area contributed by atoms with Crippen molar-refractivity contribution in [1.82, 2.24) is 0 Å². The minimum absolute atomic E-state index is 0.151. The Hall–Kier alpha value is -0.870. The van der Waals surface area contributed by atoms with Crippen LogP contribution < -0.4 is 0 Å². The molecule has 0 unspecified atom stereocenters. The fourth-order valence-corrected chi connectivity index (χ4v) is 1.87. The van der Waals surface area contributed by atoms with E-state index in [1.54, 1.807) is 12.1 Å². The van der Waals surface area contributed by atoms with Crippen molar-refractivity contribution in [2.24, 2.45) is 0 Å². The lowest BCUT2D eigenvalue weighted by atomic mass is 10.1. The molecule has 1 aromatic carbocycles. The topological polar surface area (TPSA) is 57.2 Å². The number of benzene rings is 1. The van der Waals surface area contributed by atoms with Crippen molar-refractivity contribution < 1.29 is 13.0 Å². The monoisotopic (exact) mass is 227 g/mol. The van der Waals surface area contributed by atoms with E-state index in [2.05, 4.69) is 6.92 Å². The largest absolute Gasteiger partial charge is 0.744 e. The number of rotatable bonds is 5. The van der Waals surface area contributed by atoms with Gasteiger partial charge in [0.25, 0.3) is 0 Å². The fourth-order valence-electron chi connectivity index (χ4n) is 1.40. The average molecular weight is 227 g/mol. The summed E-state index contributed by atoms with van der Waals surface area (Å²) in [6, 6.07) is 6.17. The Bertz CT molecular complexity index is 392. The highest BCUT2D eigenvalue weighted by Gasteiger charge is 2.00. The molecule has 0 saturated heterocycles. The predicted molar refractivity (Wildman–Crippen MR) is 57.6 cm³/mol. The van der Waals surface area contributed by atoms with E-state index >= 15 is 0 Å². The van der Waals surface area contributed by atoms with Crippen LogP contribution in [0.25, 0.3) is 0 Å². The van der Waals surface area contributed by atoms with Gasteiger partial charge in [0.1, 0.15) is 10.1 Å². The molecule has 0 heterocycles. The van der Waals surface area contributed by atoms with Gasteiger partial charge in [-0.25, -0.2) is 8.42 Å². The maximum absolute atomic E-state index is 10.6. The van der Waals surface area contributed by atoms with Gasteiger partial charge in [0, 0.05) is 0 Å². The van der Waals surface area contributed by atoms with E-state index in [1.807, 2.05) is 0 Å².